The van der Waals surface area contributed by atoms with Crippen LogP contribution in [0.25, 0.3) is 0 Å². The Kier molecular flexibility index (Phi) is 6.87. The molecule has 0 saturated heterocycles. The first-order chi connectivity index (χ1) is 9.54. The Hall–Kier alpha value is -1.75. The molecule has 0 heterocycles. The van der Waals surface area contributed by atoms with E-state index < -0.39 is 0 Å². The molecule has 0 fully saturated rings. The Labute approximate surface area is 120 Å². The average molecular weight is 280 g/mol. The van der Waals surface area contributed by atoms with Gasteiger partial charge in [-0.3, -0.25) is 4.79 Å². The zero-order valence-electron chi connectivity index (χ0n) is 12.5. The number of benzene rings is 1. The van der Waals surface area contributed by atoms with E-state index in [1.807, 2.05) is 12.1 Å². The molecule has 1 rings (SSSR count). The van der Waals surface area contributed by atoms with Crippen LogP contribution in [0.5, 0.6) is 5.75 Å². The van der Waals surface area contributed by atoms with Crippen LogP contribution in [-0.2, 0) is 9.53 Å². The Morgan fingerprint density at radius 2 is 2.05 bits per heavy atom. The summed E-state index contributed by atoms with van der Waals surface area (Å²) in [4.78, 5) is 13.9. The lowest BCUT2D eigenvalue weighted by Crippen LogP contribution is -2.39. The van der Waals surface area contributed by atoms with Crippen LogP contribution in [0.15, 0.2) is 24.3 Å². The van der Waals surface area contributed by atoms with Crippen molar-refractivity contribution in [2.24, 2.45) is 5.92 Å². The van der Waals surface area contributed by atoms with Gasteiger partial charge in [0.25, 0.3) is 5.91 Å². The number of methoxy groups -OCH3 is 1. The molecule has 0 unspecified atom stereocenters. The van der Waals surface area contributed by atoms with E-state index in [0.717, 1.165) is 0 Å². The molecule has 0 saturated carbocycles. The molecule has 0 aliphatic heterocycles. The van der Waals surface area contributed by atoms with Gasteiger partial charge in [0.2, 0.25) is 0 Å². The van der Waals surface area contributed by atoms with Gasteiger partial charge in [0.15, 0.2) is 6.61 Å². The zero-order valence-corrected chi connectivity index (χ0v) is 12.5. The van der Waals surface area contributed by atoms with Gasteiger partial charge in [-0.2, -0.15) is 0 Å². The first-order valence-electron chi connectivity index (χ1n) is 6.78. The topological polar surface area (TPSA) is 64.8 Å². The van der Waals surface area contributed by atoms with Crippen LogP contribution in [0.2, 0.25) is 0 Å². The molecule has 0 aromatic heterocycles. The summed E-state index contributed by atoms with van der Waals surface area (Å²) in [5, 5.41) is 0. The highest BCUT2D eigenvalue weighted by Gasteiger charge is 2.15. The predicted molar refractivity (Wildman–Crippen MR) is 79.6 cm³/mol. The molecule has 1 aromatic rings. The van der Waals surface area contributed by atoms with Gasteiger partial charge in [-0.25, -0.2) is 0 Å². The normalized spacial score (nSPS) is 10.6. The fourth-order valence-corrected chi connectivity index (χ4v) is 1.80. The second-order valence-electron chi connectivity index (χ2n) is 5.05. The van der Waals surface area contributed by atoms with E-state index in [0.29, 0.717) is 37.1 Å². The fourth-order valence-electron chi connectivity index (χ4n) is 1.80. The molecule has 0 spiro atoms. The second-order valence-corrected chi connectivity index (χ2v) is 5.05. The van der Waals surface area contributed by atoms with Crippen molar-refractivity contribution >= 4 is 11.6 Å². The molecule has 0 radical (unpaired) electrons. The minimum atomic E-state index is -0.0565. The third-order valence-electron chi connectivity index (χ3n) is 2.77. The van der Waals surface area contributed by atoms with E-state index >= 15 is 0 Å². The Balaban J connectivity index is 2.54. The molecule has 5 heteroatoms. The van der Waals surface area contributed by atoms with Crippen molar-refractivity contribution in [3.63, 3.8) is 0 Å². The number of para-hydroxylation sites is 2. The molecule has 2 N–H and O–H groups in total. The standard InChI is InChI=1S/C15H24N2O3/c1-12(2)10-17(8-9-19-3)15(18)11-20-14-7-5-4-6-13(14)16/h4-7,12H,8-11,16H2,1-3H3. The van der Waals surface area contributed by atoms with Gasteiger partial charge in [0, 0.05) is 20.2 Å². The van der Waals surface area contributed by atoms with Crippen molar-refractivity contribution in [3.05, 3.63) is 24.3 Å². The molecule has 1 aromatic carbocycles. The van der Waals surface area contributed by atoms with Gasteiger partial charge < -0.3 is 20.1 Å². The van der Waals surface area contributed by atoms with E-state index in [-0.39, 0.29) is 12.5 Å². The third kappa shape index (κ3) is 5.48. The van der Waals surface area contributed by atoms with Crippen molar-refractivity contribution in [1.82, 2.24) is 4.90 Å². The quantitative estimate of drug-likeness (QED) is 0.737. The van der Waals surface area contributed by atoms with Crippen LogP contribution < -0.4 is 10.5 Å². The molecule has 0 bridgehead atoms. The average Bonchev–Trinajstić information content (AvgIpc) is 2.41. The van der Waals surface area contributed by atoms with Gasteiger partial charge in [-0.05, 0) is 18.1 Å². The SMILES string of the molecule is COCCN(CC(C)C)C(=O)COc1ccccc1N. The molecule has 1 amide bonds. The number of hydrogen-bond acceptors (Lipinski definition) is 4. The maximum absolute atomic E-state index is 12.2. The van der Waals surface area contributed by atoms with E-state index in [4.69, 9.17) is 15.2 Å². The van der Waals surface area contributed by atoms with E-state index in [1.54, 1.807) is 24.1 Å². The number of ether oxygens (including phenoxy) is 2. The maximum atomic E-state index is 12.2. The van der Waals surface area contributed by atoms with Crippen molar-refractivity contribution in [3.8, 4) is 5.75 Å². The van der Waals surface area contributed by atoms with E-state index in [2.05, 4.69) is 13.8 Å². The molecule has 0 atom stereocenters. The molecule has 0 aliphatic rings. The molecule has 20 heavy (non-hydrogen) atoms. The lowest BCUT2D eigenvalue weighted by molar-refractivity contribution is -0.134. The summed E-state index contributed by atoms with van der Waals surface area (Å²) in [5.74, 6) is 0.883. The number of carbonyl (C=O) groups excluding carboxylic acids is 1. The zero-order chi connectivity index (χ0) is 15.0. The first-order valence-corrected chi connectivity index (χ1v) is 6.78. The number of amides is 1. The van der Waals surface area contributed by atoms with Crippen molar-refractivity contribution < 1.29 is 14.3 Å². The fraction of sp³-hybridized carbons (Fsp3) is 0.533. The van der Waals surface area contributed by atoms with Gasteiger partial charge in [-0.1, -0.05) is 26.0 Å². The summed E-state index contributed by atoms with van der Waals surface area (Å²) in [6.45, 7) is 5.92. The molecular formula is C15H24N2O3. The number of anilines is 1. The monoisotopic (exact) mass is 280 g/mol. The van der Waals surface area contributed by atoms with Gasteiger partial charge >= 0.3 is 0 Å². The summed E-state index contributed by atoms with van der Waals surface area (Å²) < 4.78 is 10.5. The number of nitrogens with zero attached hydrogens (tertiary/aromatic N) is 1. The number of nitrogens with two attached hydrogens (primary N) is 1. The second kappa shape index (κ2) is 8.43. The molecule has 5 nitrogen and oxygen atoms in total. The Morgan fingerprint density at radius 3 is 2.65 bits per heavy atom. The number of nitrogen functional groups attached to an aromatic ring is 1. The highest BCUT2D eigenvalue weighted by molar-refractivity contribution is 5.78. The molecule has 0 aliphatic carbocycles. The highest BCUT2D eigenvalue weighted by Crippen LogP contribution is 2.19. The smallest absolute Gasteiger partial charge is 0.260 e. The number of rotatable bonds is 8. The van der Waals surface area contributed by atoms with Crippen LogP contribution in [-0.4, -0.2) is 44.2 Å². The Morgan fingerprint density at radius 1 is 1.35 bits per heavy atom. The van der Waals surface area contributed by atoms with Crippen LogP contribution in [0.3, 0.4) is 0 Å². The van der Waals surface area contributed by atoms with Crippen LogP contribution in [0.4, 0.5) is 5.69 Å². The summed E-state index contributed by atoms with van der Waals surface area (Å²) in [5.41, 5.74) is 6.31. The maximum Gasteiger partial charge on any atom is 0.260 e. The summed E-state index contributed by atoms with van der Waals surface area (Å²) in [6.07, 6.45) is 0. The van der Waals surface area contributed by atoms with Crippen LogP contribution in [0.1, 0.15) is 13.8 Å². The van der Waals surface area contributed by atoms with Crippen molar-refractivity contribution in [2.45, 2.75) is 13.8 Å². The lowest BCUT2D eigenvalue weighted by atomic mass is 10.2. The van der Waals surface area contributed by atoms with Crippen molar-refractivity contribution in [1.29, 1.82) is 0 Å². The largest absolute Gasteiger partial charge is 0.482 e. The molecular weight excluding hydrogens is 256 g/mol. The minimum absolute atomic E-state index is 0.00928. The third-order valence-corrected chi connectivity index (χ3v) is 2.77. The molecule has 112 valence electrons. The number of hydrogen-bond donors (Lipinski definition) is 1. The van der Waals surface area contributed by atoms with Gasteiger partial charge in [-0.15, -0.1) is 0 Å². The van der Waals surface area contributed by atoms with Crippen molar-refractivity contribution in [2.75, 3.05) is 39.1 Å². The van der Waals surface area contributed by atoms with E-state index in [1.165, 1.54) is 0 Å². The summed E-state index contributed by atoms with van der Waals surface area (Å²) >= 11 is 0. The van der Waals surface area contributed by atoms with Gasteiger partial charge in [0.05, 0.1) is 12.3 Å². The van der Waals surface area contributed by atoms with Crippen LogP contribution in [0, 0.1) is 5.92 Å². The summed E-state index contributed by atoms with van der Waals surface area (Å²) in [7, 11) is 1.62. The first kappa shape index (κ1) is 16.3. The number of carbonyl (C=O) groups is 1. The highest BCUT2D eigenvalue weighted by atomic mass is 16.5. The minimum Gasteiger partial charge on any atom is -0.482 e. The predicted octanol–water partition coefficient (Wildman–Crippen LogP) is 1.78. The van der Waals surface area contributed by atoms with Crippen LogP contribution >= 0.6 is 0 Å². The Bertz CT molecular complexity index is 421. The summed E-state index contributed by atoms with van der Waals surface area (Å²) in [6, 6.07) is 7.15. The van der Waals surface area contributed by atoms with E-state index in [9.17, 15) is 4.79 Å². The lowest BCUT2D eigenvalue weighted by Gasteiger charge is -2.24. The van der Waals surface area contributed by atoms with Gasteiger partial charge in [0.1, 0.15) is 5.75 Å².